The monoisotopic (exact) mass is 297 g/mol. The van der Waals surface area contributed by atoms with Crippen LogP contribution in [0.25, 0.3) is 0 Å². The van der Waals surface area contributed by atoms with Crippen molar-refractivity contribution in [3.63, 3.8) is 0 Å². The van der Waals surface area contributed by atoms with Gasteiger partial charge in [-0.25, -0.2) is 13.1 Å². The predicted molar refractivity (Wildman–Crippen MR) is 76.7 cm³/mol. The van der Waals surface area contributed by atoms with Gasteiger partial charge in [-0.15, -0.1) is 0 Å². The molecule has 0 heterocycles. The maximum absolute atomic E-state index is 12.1. The molecule has 1 amide bonds. The molecule has 0 atom stereocenters. The highest BCUT2D eigenvalue weighted by Crippen LogP contribution is 2.43. The average Bonchev–Trinajstić information content (AvgIpc) is 3.17. The fraction of sp³-hybridized carbons (Fsp3) is 0.462. The van der Waals surface area contributed by atoms with Crippen LogP contribution >= 0.6 is 0 Å². The summed E-state index contributed by atoms with van der Waals surface area (Å²) in [6.45, 7) is 2.27. The minimum atomic E-state index is -3.53. The quantitative estimate of drug-likeness (QED) is 0.718. The molecule has 20 heavy (non-hydrogen) atoms. The van der Waals surface area contributed by atoms with Crippen LogP contribution in [-0.2, 0) is 14.8 Å². The number of hydrogen-bond acceptors (Lipinski definition) is 4. The lowest BCUT2D eigenvalue weighted by Crippen LogP contribution is -2.33. The number of carbonyl (C=O) groups excluding carboxylic acids is 1. The van der Waals surface area contributed by atoms with Crippen LogP contribution in [0, 0.1) is 5.41 Å². The lowest BCUT2D eigenvalue weighted by atomic mass is 10.1. The molecule has 0 radical (unpaired) electrons. The van der Waals surface area contributed by atoms with E-state index in [-0.39, 0.29) is 16.2 Å². The Bertz CT molecular complexity index is 592. The zero-order valence-corrected chi connectivity index (χ0v) is 12.2. The Hall–Kier alpha value is -1.44. The van der Waals surface area contributed by atoms with E-state index in [1.165, 1.54) is 19.1 Å². The average molecular weight is 297 g/mol. The van der Waals surface area contributed by atoms with E-state index >= 15 is 0 Å². The molecule has 0 saturated heterocycles. The predicted octanol–water partition coefficient (Wildman–Crippen LogP) is 0.662. The molecule has 1 aromatic carbocycles. The summed E-state index contributed by atoms with van der Waals surface area (Å²) in [5.74, 6) is -0.197. The second kappa shape index (κ2) is 5.51. The Kier molecular flexibility index (Phi) is 4.12. The van der Waals surface area contributed by atoms with Gasteiger partial charge in [-0.3, -0.25) is 4.79 Å². The van der Waals surface area contributed by atoms with Crippen LogP contribution in [0.2, 0.25) is 0 Å². The maximum atomic E-state index is 12.1. The van der Waals surface area contributed by atoms with Gasteiger partial charge >= 0.3 is 0 Å². The first-order chi connectivity index (χ1) is 9.37. The molecule has 0 aliphatic heterocycles. The van der Waals surface area contributed by atoms with E-state index < -0.39 is 10.0 Å². The summed E-state index contributed by atoms with van der Waals surface area (Å²) in [5, 5.41) is 2.59. The molecular weight excluding hydrogens is 278 g/mol. The van der Waals surface area contributed by atoms with Crippen LogP contribution in [0.3, 0.4) is 0 Å². The van der Waals surface area contributed by atoms with E-state index in [0.29, 0.717) is 18.8 Å². The van der Waals surface area contributed by atoms with Crippen molar-refractivity contribution in [2.75, 3.05) is 18.4 Å². The van der Waals surface area contributed by atoms with Crippen molar-refractivity contribution >= 4 is 21.6 Å². The van der Waals surface area contributed by atoms with E-state index in [0.717, 1.165) is 12.8 Å². The van der Waals surface area contributed by atoms with Gasteiger partial charge in [0, 0.05) is 19.2 Å². The summed E-state index contributed by atoms with van der Waals surface area (Å²) in [6, 6.07) is 6.06. The largest absolute Gasteiger partial charge is 0.330 e. The van der Waals surface area contributed by atoms with Crippen LogP contribution in [0.1, 0.15) is 19.8 Å². The molecule has 0 aromatic heterocycles. The number of amides is 1. The maximum Gasteiger partial charge on any atom is 0.240 e. The van der Waals surface area contributed by atoms with Gasteiger partial charge in [-0.1, -0.05) is 0 Å². The minimum Gasteiger partial charge on any atom is -0.330 e. The van der Waals surface area contributed by atoms with Crippen LogP contribution in [0.4, 0.5) is 5.69 Å². The van der Waals surface area contributed by atoms with E-state index in [1.54, 1.807) is 12.1 Å². The zero-order chi connectivity index (χ0) is 14.8. The van der Waals surface area contributed by atoms with Gasteiger partial charge in [0.2, 0.25) is 15.9 Å². The van der Waals surface area contributed by atoms with Crippen molar-refractivity contribution in [2.24, 2.45) is 11.1 Å². The van der Waals surface area contributed by atoms with Crippen molar-refractivity contribution in [3.05, 3.63) is 24.3 Å². The third-order valence-corrected chi connectivity index (χ3v) is 4.93. The highest BCUT2D eigenvalue weighted by molar-refractivity contribution is 7.89. The fourth-order valence-electron chi connectivity index (χ4n) is 1.88. The third-order valence-electron chi connectivity index (χ3n) is 3.51. The molecule has 1 fully saturated rings. The lowest BCUT2D eigenvalue weighted by molar-refractivity contribution is -0.114. The Morgan fingerprint density at radius 2 is 1.90 bits per heavy atom. The SMILES string of the molecule is CC(=O)Nc1ccc(S(=O)(=O)NCC2(CN)CC2)cc1. The highest BCUT2D eigenvalue weighted by atomic mass is 32.2. The fourth-order valence-corrected chi connectivity index (χ4v) is 3.04. The van der Waals surface area contributed by atoms with Crippen molar-refractivity contribution in [2.45, 2.75) is 24.7 Å². The number of nitrogens with two attached hydrogens (primary N) is 1. The molecule has 1 aliphatic carbocycles. The number of anilines is 1. The lowest BCUT2D eigenvalue weighted by Gasteiger charge is -2.13. The summed E-state index contributed by atoms with van der Waals surface area (Å²) in [6.07, 6.45) is 1.93. The summed E-state index contributed by atoms with van der Waals surface area (Å²) >= 11 is 0. The Labute approximate surface area is 118 Å². The van der Waals surface area contributed by atoms with E-state index in [9.17, 15) is 13.2 Å². The number of carbonyl (C=O) groups is 1. The number of sulfonamides is 1. The van der Waals surface area contributed by atoms with Crippen molar-refractivity contribution in [1.29, 1.82) is 0 Å². The third kappa shape index (κ3) is 3.56. The molecule has 0 spiro atoms. The van der Waals surface area contributed by atoms with Gasteiger partial charge in [0.15, 0.2) is 0 Å². The van der Waals surface area contributed by atoms with Crippen LogP contribution < -0.4 is 15.8 Å². The molecule has 2 rings (SSSR count). The molecule has 7 heteroatoms. The number of nitrogens with one attached hydrogen (secondary N) is 2. The Morgan fingerprint density at radius 3 is 2.35 bits per heavy atom. The normalized spacial score (nSPS) is 16.7. The van der Waals surface area contributed by atoms with Crippen molar-refractivity contribution < 1.29 is 13.2 Å². The zero-order valence-electron chi connectivity index (χ0n) is 11.3. The molecule has 0 bridgehead atoms. The minimum absolute atomic E-state index is 0.0524. The number of hydrogen-bond donors (Lipinski definition) is 3. The molecule has 6 nitrogen and oxygen atoms in total. The first-order valence-corrected chi connectivity index (χ1v) is 7.93. The van der Waals surface area contributed by atoms with Gasteiger partial charge in [0.25, 0.3) is 0 Å². The molecular formula is C13H19N3O3S. The van der Waals surface area contributed by atoms with E-state index in [2.05, 4.69) is 10.0 Å². The molecule has 4 N–H and O–H groups in total. The van der Waals surface area contributed by atoms with Gasteiger partial charge in [-0.2, -0.15) is 0 Å². The molecule has 0 unspecified atom stereocenters. The van der Waals surface area contributed by atoms with E-state index in [1.807, 2.05) is 0 Å². The summed E-state index contributed by atoms with van der Waals surface area (Å²) in [7, 11) is -3.53. The standard InChI is InChI=1S/C13H19N3O3S/c1-10(17)16-11-2-4-12(5-3-11)20(18,19)15-9-13(8-14)6-7-13/h2-5,15H,6-9,14H2,1H3,(H,16,17). The summed E-state index contributed by atoms with van der Waals surface area (Å²) in [5.41, 5.74) is 6.14. The van der Waals surface area contributed by atoms with Gasteiger partial charge in [0.1, 0.15) is 0 Å². The Balaban J connectivity index is 2.03. The first kappa shape index (κ1) is 15.0. The van der Waals surface area contributed by atoms with Crippen molar-refractivity contribution in [1.82, 2.24) is 4.72 Å². The molecule has 1 saturated carbocycles. The van der Waals surface area contributed by atoms with Gasteiger partial charge in [-0.05, 0) is 49.1 Å². The topological polar surface area (TPSA) is 101 Å². The van der Waals surface area contributed by atoms with Crippen LogP contribution in [0.15, 0.2) is 29.2 Å². The number of rotatable bonds is 6. The Morgan fingerprint density at radius 1 is 1.30 bits per heavy atom. The van der Waals surface area contributed by atoms with Gasteiger partial charge in [0.05, 0.1) is 4.90 Å². The van der Waals surface area contributed by atoms with Crippen molar-refractivity contribution in [3.8, 4) is 0 Å². The first-order valence-electron chi connectivity index (χ1n) is 6.44. The second-order valence-electron chi connectivity index (χ2n) is 5.23. The summed E-state index contributed by atoms with van der Waals surface area (Å²) < 4.78 is 26.8. The number of benzene rings is 1. The highest BCUT2D eigenvalue weighted by Gasteiger charge is 2.41. The van der Waals surface area contributed by atoms with E-state index in [4.69, 9.17) is 5.73 Å². The smallest absolute Gasteiger partial charge is 0.240 e. The van der Waals surface area contributed by atoms with Crippen LogP contribution in [0.5, 0.6) is 0 Å². The van der Waals surface area contributed by atoms with Crippen LogP contribution in [-0.4, -0.2) is 27.4 Å². The second-order valence-corrected chi connectivity index (χ2v) is 7.00. The molecule has 110 valence electrons. The molecule has 1 aromatic rings. The summed E-state index contributed by atoms with van der Waals surface area (Å²) in [4.78, 5) is 11.1. The van der Waals surface area contributed by atoms with Gasteiger partial charge < -0.3 is 11.1 Å². The molecule has 1 aliphatic rings.